The minimum absolute atomic E-state index is 0. The number of methoxy groups -OCH3 is 2. The van der Waals surface area contributed by atoms with Gasteiger partial charge in [0.05, 0.1) is 19.8 Å². The summed E-state index contributed by atoms with van der Waals surface area (Å²) in [5.41, 5.74) is 5.10. The van der Waals surface area contributed by atoms with Crippen LogP contribution in [0, 0.1) is 0 Å². The molecule has 0 spiro atoms. The van der Waals surface area contributed by atoms with Gasteiger partial charge in [-0.15, -0.1) is 0 Å². The number of nitrogens with zero attached hydrogens (tertiary/aromatic N) is 1. The van der Waals surface area contributed by atoms with Crippen molar-refractivity contribution < 1.29 is 38.0 Å². The molecule has 2 aromatic carbocycles. The Kier molecular flexibility index (Phi) is 6.04. The van der Waals surface area contributed by atoms with E-state index in [-0.39, 0.29) is 24.0 Å². The van der Waals surface area contributed by atoms with E-state index in [1.807, 2.05) is 0 Å². The lowest BCUT2D eigenvalue weighted by Crippen LogP contribution is -3.00. The fourth-order valence-electron chi connectivity index (χ4n) is 3.14. The smallest absolute Gasteiger partial charge is 0.214 e. The van der Waals surface area contributed by atoms with Gasteiger partial charge in [-0.25, -0.2) is 4.58 Å². The van der Waals surface area contributed by atoms with Crippen molar-refractivity contribution >= 4 is 5.71 Å². The van der Waals surface area contributed by atoms with E-state index >= 15 is 0 Å². The van der Waals surface area contributed by atoms with Crippen LogP contribution in [-0.2, 0) is 6.42 Å². The summed E-state index contributed by atoms with van der Waals surface area (Å²) in [7, 11) is 3.38. The maximum Gasteiger partial charge on any atom is 0.214 e. The second-order valence-electron chi connectivity index (χ2n) is 5.41. The quantitative estimate of drug-likeness (QED) is 0.516. The maximum atomic E-state index is 5.50. The van der Waals surface area contributed by atoms with Crippen molar-refractivity contribution in [3.8, 4) is 11.5 Å². The zero-order valence-electron chi connectivity index (χ0n) is 13.8. The lowest BCUT2D eigenvalue weighted by atomic mass is 9.92. The predicted octanol–water partition coefficient (Wildman–Crippen LogP) is 0.134. The van der Waals surface area contributed by atoms with Gasteiger partial charge in [0, 0.05) is 12.0 Å². The zero-order valence-corrected chi connectivity index (χ0v) is 16.0. The van der Waals surface area contributed by atoms with Crippen LogP contribution in [0.5, 0.6) is 11.5 Å². The van der Waals surface area contributed by atoms with Gasteiger partial charge in [-0.1, -0.05) is 18.2 Å². The SMILES string of the molecule is CC[N+]1=C(c2ccccc2)c2cc(OC)c(OC)cc2CC1.[I-]. The molecule has 0 atom stereocenters. The van der Waals surface area contributed by atoms with Crippen molar-refractivity contribution in [2.45, 2.75) is 13.3 Å². The molecular formula is C19H22INO2. The summed E-state index contributed by atoms with van der Waals surface area (Å²) in [6.07, 6.45) is 1.03. The summed E-state index contributed by atoms with van der Waals surface area (Å²) in [6.45, 7) is 4.23. The number of halogens is 1. The zero-order chi connectivity index (χ0) is 15.5. The Balaban J connectivity index is 0.00000192. The first kappa shape index (κ1) is 17.8. The van der Waals surface area contributed by atoms with E-state index in [4.69, 9.17) is 9.47 Å². The van der Waals surface area contributed by atoms with Gasteiger partial charge in [0.1, 0.15) is 13.1 Å². The number of likely N-dealkylation sites (N-methyl/N-ethyl adjacent to an activating group) is 1. The first-order chi connectivity index (χ1) is 10.8. The summed E-state index contributed by atoms with van der Waals surface area (Å²) in [4.78, 5) is 0. The van der Waals surface area contributed by atoms with Gasteiger partial charge in [0.2, 0.25) is 5.71 Å². The summed E-state index contributed by atoms with van der Waals surface area (Å²) in [6, 6.07) is 14.8. The molecule has 0 amide bonds. The molecule has 1 aliphatic rings. The average molecular weight is 423 g/mol. The fraction of sp³-hybridized carbons (Fsp3) is 0.316. The van der Waals surface area contributed by atoms with Crippen molar-refractivity contribution in [2.75, 3.05) is 27.3 Å². The number of hydrogen-bond acceptors (Lipinski definition) is 2. The van der Waals surface area contributed by atoms with Crippen LogP contribution in [0.4, 0.5) is 0 Å². The Hall–Kier alpha value is -1.56. The Morgan fingerprint density at radius 2 is 1.65 bits per heavy atom. The van der Waals surface area contributed by atoms with E-state index in [1.165, 1.54) is 22.4 Å². The van der Waals surface area contributed by atoms with E-state index in [1.54, 1.807) is 14.2 Å². The molecule has 23 heavy (non-hydrogen) atoms. The number of rotatable bonds is 4. The van der Waals surface area contributed by atoms with Gasteiger partial charge in [0.15, 0.2) is 11.5 Å². The van der Waals surface area contributed by atoms with Crippen LogP contribution in [0.15, 0.2) is 42.5 Å². The van der Waals surface area contributed by atoms with E-state index in [9.17, 15) is 0 Å². The monoisotopic (exact) mass is 423 g/mol. The Bertz CT molecular complexity index is 711. The van der Waals surface area contributed by atoms with E-state index in [2.05, 4.69) is 54.0 Å². The maximum absolute atomic E-state index is 5.50. The van der Waals surface area contributed by atoms with Crippen molar-refractivity contribution in [2.24, 2.45) is 0 Å². The first-order valence-electron chi connectivity index (χ1n) is 7.71. The molecule has 2 aromatic rings. The summed E-state index contributed by atoms with van der Waals surface area (Å²) in [5.74, 6) is 1.59. The largest absolute Gasteiger partial charge is 1.00 e. The second kappa shape index (κ2) is 7.81. The number of fused-ring (bicyclic) bond motifs is 1. The first-order valence-corrected chi connectivity index (χ1v) is 7.71. The molecule has 0 bridgehead atoms. The van der Waals surface area contributed by atoms with E-state index in [0.717, 1.165) is 31.0 Å². The number of benzene rings is 2. The average Bonchev–Trinajstić information content (AvgIpc) is 2.60. The molecule has 1 heterocycles. The molecule has 0 saturated heterocycles. The minimum Gasteiger partial charge on any atom is -1.00 e. The van der Waals surface area contributed by atoms with Crippen molar-refractivity contribution in [3.05, 3.63) is 59.2 Å². The normalized spacial score (nSPS) is 13.2. The van der Waals surface area contributed by atoms with Crippen LogP contribution in [0.1, 0.15) is 23.6 Å². The third-order valence-corrected chi connectivity index (χ3v) is 4.26. The highest BCUT2D eigenvalue weighted by molar-refractivity contribution is 6.11. The Labute approximate surface area is 155 Å². The number of ether oxygens (including phenoxy) is 2. The molecule has 0 fully saturated rings. The molecule has 0 N–H and O–H groups in total. The topological polar surface area (TPSA) is 21.5 Å². The lowest BCUT2D eigenvalue weighted by molar-refractivity contribution is -0.524. The number of hydrogen-bond donors (Lipinski definition) is 0. The molecule has 0 aromatic heterocycles. The molecule has 3 rings (SSSR count). The summed E-state index contributed by atoms with van der Waals surface area (Å²) >= 11 is 0. The third-order valence-electron chi connectivity index (χ3n) is 4.26. The van der Waals surface area contributed by atoms with Crippen LogP contribution in [0.2, 0.25) is 0 Å². The molecule has 4 heteroatoms. The standard InChI is InChI=1S/C19H22NO2.HI/c1-4-20-11-10-15-12-17(21-2)18(22-3)13-16(15)19(20)14-8-6-5-7-9-14;/h5-9,12-13H,4,10-11H2,1-3H3;1H/q+1;/p-1. The molecule has 3 nitrogen and oxygen atoms in total. The van der Waals surface area contributed by atoms with Gasteiger partial charge >= 0.3 is 0 Å². The molecule has 0 aliphatic carbocycles. The van der Waals surface area contributed by atoms with Crippen LogP contribution in [-0.4, -0.2) is 37.6 Å². The highest BCUT2D eigenvalue weighted by Gasteiger charge is 2.28. The lowest BCUT2D eigenvalue weighted by Gasteiger charge is -2.20. The third kappa shape index (κ3) is 3.37. The minimum atomic E-state index is 0. The predicted molar refractivity (Wildman–Crippen MR) is 88.6 cm³/mol. The van der Waals surface area contributed by atoms with Crippen LogP contribution >= 0.6 is 0 Å². The molecule has 0 radical (unpaired) electrons. The highest BCUT2D eigenvalue weighted by atomic mass is 127. The second-order valence-corrected chi connectivity index (χ2v) is 5.41. The van der Waals surface area contributed by atoms with Gasteiger partial charge in [-0.3, -0.25) is 0 Å². The molecule has 0 saturated carbocycles. The van der Waals surface area contributed by atoms with E-state index < -0.39 is 0 Å². The van der Waals surface area contributed by atoms with Crippen LogP contribution in [0.25, 0.3) is 0 Å². The highest BCUT2D eigenvalue weighted by Crippen LogP contribution is 2.33. The van der Waals surface area contributed by atoms with Crippen molar-refractivity contribution in [3.63, 3.8) is 0 Å². The van der Waals surface area contributed by atoms with Crippen LogP contribution < -0.4 is 33.5 Å². The molecule has 0 unspecified atom stereocenters. The Morgan fingerprint density at radius 3 is 2.26 bits per heavy atom. The summed E-state index contributed by atoms with van der Waals surface area (Å²) in [5, 5.41) is 0. The van der Waals surface area contributed by atoms with Gasteiger partial charge < -0.3 is 33.5 Å². The van der Waals surface area contributed by atoms with Crippen molar-refractivity contribution in [1.82, 2.24) is 0 Å². The molecular weight excluding hydrogens is 401 g/mol. The van der Waals surface area contributed by atoms with Crippen molar-refractivity contribution in [1.29, 1.82) is 0 Å². The fourth-order valence-corrected chi connectivity index (χ4v) is 3.14. The molecule has 1 aliphatic heterocycles. The summed E-state index contributed by atoms with van der Waals surface area (Å²) < 4.78 is 13.4. The van der Waals surface area contributed by atoms with Crippen LogP contribution in [0.3, 0.4) is 0 Å². The van der Waals surface area contributed by atoms with Gasteiger partial charge in [-0.2, -0.15) is 0 Å². The Morgan fingerprint density at radius 1 is 1.00 bits per heavy atom. The van der Waals surface area contributed by atoms with E-state index in [0.29, 0.717) is 0 Å². The molecule has 122 valence electrons. The van der Waals surface area contributed by atoms with Gasteiger partial charge in [0.25, 0.3) is 0 Å². The van der Waals surface area contributed by atoms with Gasteiger partial charge in [-0.05, 0) is 36.8 Å².